The molecule has 0 spiro atoms. The number of nitrogens with zero attached hydrogens (tertiary/aromatic N) is 4. The molecule has 2 heterocycles. The molecule has 1 aliphatic rings. The third-order valence-corrected chi connectivity index (χ3v) is 4.89. The van der Waals surface area contributed by atoms with Crippen LogP contribution < -0.4 is 4.90 Å². The second kappa shape index (κ2) is 9.56. The van der Waals surface area contributed by atoms with Crippen LogP contribution in [0.5, 0.6) is 0 Å². The lowest BCUT2D eigenvalue weighted by Gasteiger charge is -2.29. The van der Waals surface area contributed by atoms with Crippen molar-refractivity contribution in [1.29, 1.82) is 0 Å². The van der Waals surface area contributed by atoms with E-state index in [4.69, 9.17) is 14.7 Å². The predicted octanol–water partition coefficient (Wildman–Crippen LogP) is 5.04. The van der Waals surface area contributed by atoms with Gasteiger partial charge in [0.15, 0.2) is 5.82 Å². The highest BCUT2D eigenvalue weighted by Gasteiger charge is 2.20. The topological polar surface area (TPSA) is 50.6 Å². The zero-order chi connectivity index (χ0) is 20.8. The van der Waals surface area contributed by atoms with Gasteiger partial charge < -0.3 is 9.64 Å². The van der Waals surface area contributed by atoms with Crippen LogP contribution in [0.25, 0.3) is 22.0 Å². The van der Waals surface area contributed by atoms with E-state index >= 15 is 4.39 Å². The Morgan fingerprint density at radius 3 is 2.69 bits per heavy atom. The van der Waals surface area contributed by atoms with Crippen molar-refractivity contribution in [2.75, 3.05) is 31.2 Å². The molecule has 0 N–H and O–H groups in total. The molecule has 29 heavy (non-hydrogen) atoms. The van der Waals surface area contributed by atoms with Crippen molar-refractivity contribution in [2.24, 2.45) is 4.99 Å². The van der Waals surface area contributed by atoms with Gasteiger partial charge in [0.25, 0.3) is 0 Å². The highest BCUT2D eigenvalue weighted by molar-refractivity contribution is 5.93. The number of allylic oxidation sites excluding steroid dienone is 4. The minimum Gasteiger partial charge on any atom is -0.378 e. The van der Waals surface area contributed by atoms with Gasteiger partial charge in [-0.05, 0) is 37.3 Å². The molecule has 5 nitrogen and oxygen atoms in total. The van der Waals surface area contributed by atoms with Gasteiger partial charge in [0.1, 0.15) is 11.6 Å². The first-order valence-electron chi connectivity index (χ1n) is 9.94. The van der Waals surface area contributed by atoms with E-state index in [2.05, 4.69) is 30.1 Å². The van der Waals surface area contributed by atoms with E-state index in [1.54, 1.807) is 12.3 Å². The molecule has 3 rings (SSSR count). The van der Waals surface area contributed by atoms with E-state index in [0.29, 0.717) is 60.8 Å². The molecule has 0 aliphatic carbocycles. The fourth-order valence-electron chi connectivity index (χ4n) is 3.34. The number of hydrogen-bond acceptors (Lipinski definition) is 5. The van der Waals surface area contributed by atoms with E-state index in [1.807, 2.05) is 19.1 Å². The molecular weight excluding hydrogens is 367 g/mol. The van der Waals surface area contributed by atoms with E-state index < -0.39 is 0 Å². The summed E-state index contributed by atoms with van der Waals surface area (Å²) in [4.78, 5) is 15.4. The average molecular weight is 394 g/mol. The Morgan fingerprint density at radius 1 is 1.28 bits per heavy atom. The standard InChI is InChI=1S/C23H27FN4O/c1-5-7-8-16(3)22-26-21-14-18(17(6-2)15-25-4)20(24)13-19(21)23(27-22)28-9-11-29-12-10-28/h7-8,13-15H,3-6,9-12H2,1-2H3. The first-order valence-corrected chi connectivity index (χ1v) is 9.94. The molecule has 1 fully saturated rings. The zero-order valence-corrected chi connectivity index (χ0v) is 17.1. The van der Waals surface area contributed by atoms with Gasteiger partial charge in [-0.15, -0.1) is 0 Å². The lowest BCUT2D eigenvalue weighted by atomic mass is 10.0. The maximum atomic E-state index is 15.0. The summed E-state index contributed by atoms with van der Waals surface area (Å²) in [6, 6.07) is 3.30. The second-order valence-electron chi connectivity index (χ2n) is 6.85. The molecule has 1 saturated heterocycles. The van der Waals surface area contributed by atoms with Crippen LogP contribution in [0, 0.1) is 5.82 Å². The number of hydrogen-bond donors (Lipinski definition) is 0. The molecule has 1 aromatic heterocycles. The van der Waals surface area contributed by atoms with E-state index in [1.165, 1.54) is 6.07 Å². The highest BCUT2D eigenvalue weighted by Crippen LogP contribution is 2.32. The summed E-state index contributed by atoms with van der Waals surface area (Å²) >= 11 is 0. The van der Waals surface area contributed by atoms with E-state index in [-0.39, 0.29) is 5.82 Å². The molecule has 2 aromatic rings. The van der Waals surface area contributed by atoms with Gasteiger partial charge >= 0.3 is 0 Å². The lowest BCUT2D eigenvalue weighted by molar-refractivity contribution is 0.122. The number of fused-ring (bicyclic) bond motifs is 1. The van der Waals surface area contributed by atoms with E-state index in [9.17, 15) is 0 Å². The van der Waals surface area contributed by atoms with Gasteiger partial charge in [-0.1, -0.05) is 32.6 Å². The molecule has 0 saturated carbocycles. The number of morpholine rings is 1. The van der Waals surface area contributed by atoms with Crippen molar-refractivity contribution in [3.63, 3.8) is 0 Å². The molecule has 0 unspecified atom stereocenters. The SMILES string of the molecule is C=NC=C(CC)c1cc2nc(C(=C)C=CCC)nc(N3CCOCC3)c2cc1F. The molecule has 0 bridgehead atoms. The van der Waals surface area contributed by atoms with Crippen molar-refractivity contribution in [3.8, 4) is 0 Å². The normalized spacial score (nSPS) is 15.3. The number of anilines is 1. The monoisotopic (exact) mass is 394 g/mol. The fourth-order valence-corrected chi connectivity index (χ4v) is 3.34. The predicted molar refractivity (Wildman–Crippen MR) is 119 cm³/mol. The van der Waals surface area contributed by atoms with Crippen LogP contribution in [-0.2, 0) is 4.74 Å². The van der Waals surface area contributed by atoms with Gasteiger partial charge in [0, 0.05) is 35.8 Å². The van der Waals surface area contributed by atoms with Gasteiger partial charge in [-0.2, -0.15) is 0 Å². The number of rotatable bonds is 7. The number of halogens is 1. The molecule has 0 atom stereocenters. The van der Waals surface area contributed by atoms with Gasteiger partial charge in [0.05, 0.1) is 18.7 Å². The van der Waals surface area contributed by atoms with Crippen molar-refractivity contribution in [1.82, 2.24) is 9.97 Å². The first-order chi connectivity index (χ1) is 14.1. The number of benzene rings is 1. The van der Waals surface area contributed by atoms with Crippen LogP contribution in [0.3, 0.4) is 0 Å². The Morgan fingerprint density at radius 2 is 2.03 bits per heavy atom. The Bertz CT molecular complexity index is 974. The molecule has 1 aliphatic heterocycles. The molecule has 0 amide bonds. The first kappa shape index (κ1) is 20.9. The lowest BCUT2D eigenvalue weighted by Crippen LogP contribution is -2.37. The Kier molecular flexibility index (Phi) is 6.88. The maximum absolute atomic E-state index is 15.0. The van der Waals surface area contributed by atoms with Gasteiger partial charge in [-0.3, -0.25) is 4.99 Å². The van der Waals surface area contributed by atoms with Gasteiger partial charge in [0.2, 0.25) is 0 Å². The molecule has 6 heteroatoms. The van der Waals surface area contributed by atoms with Crippen LogP contribution in [-0.4, -0.2) is 43.0 Å². The second-order valence-corrected chi connectivity index (χ2v) is 6.85. The smallest absolute Gasteiger partial charge is 0.161 e. The summed E-state index contributed by atoms with van der Waals surface area (Å²) < 4.78 is 20.5. The summed E-state index contributed by atoms with van der Waals surface area (Å²) in [6.07, 6.45) is 7.08. The minimum atomic E-state index is -0.315. The van der Waals surface area contributed by atoms with Crippen LogP contribution in [0.2, 0.25) is 0 Å². The average Bonchev–Trinajstić information content (AvgIpc) is 2.75. The maximum Gasteiger partial charge on any atom is 0.161 e. The molecular formula is C23H27FN4O. The zero-order valence-electron chi connectivity index (χ0n) is 17.1. The molecule has 1 aromatic carbocycles. The Hall–Kier alpha value is -2.86. The quantitative estimate of drug-likeness (QED) is 0.488. The van der Waals surface area contributed by atoms with Crippen molar-refractivity contribution >= 4 is 34.6 Å². The third-order valence-electron chi connectivity index (χ3n) is 4.89. The van der Waals surface area contributed by atoms with E-state index in [0.717, 1.165) is 17.6 Å². The number of aromatic nitrogens is 2. The Labute approximate surface area is 171 Å². The molecule has 0 radical (unpaired) electrons. The van der Waals surface area contributed by atoms with Gasteiger partial charge in [-0.25, -0.2) is 14.4 Å². The van der Waals surface area contributed by atoms with Crippen LogP contribution in [0.4, 0.5) is 10.2 Å². The minimum absolute atomic E-state index is 0.315. The summed E-state index contributed by atoms with van der Waals surface area (Å²) in [5.74, 6) is 0.948. The fraction of sp³-hybridized carbons (Fsp3) is 0.348. The third kappa shape index (κ3) is 4.59. The number of ether oxygens (including phenoxy) is 1. The van der Waals surface area contributed by atoms with Crippen LogP contribution >= 0.6 is 0 Å². The van der Waals surface area contributed by atoms with Crippen molar-refractivity contribution in [3.05, 3.63) is 54.3 Å². The van der Waals surface area contributed by atoms with Crippen LogP contribution in [0.15, 0.2) is 42.1 Å². The number of aliphatic imine (C=N–C) groups is 1. The summed E-state index contributed by atoms with van der Waals surface area (Å²) in [6.45, 7) is 14.3. The van der Waals surface area contributed by atoms with Crippen molar-refractivity contribution in [2.45, 2.75) is 26.7 Å². The summed E-state index contributed by atoms with van der Waals surface area (Å²) in [5, 5.41) is 0.686. The Balaban J connectivity index is 2.22. The summed E-state index contributed by atoms with van der Waals surface area (Å²) in [5.41, 5.74) is 2.67. The molecule has 152 valence electrons. The summed E-state index contributed by atoms with van der Waals surface area (Å²) in [7, 11) is 0. The highest BCUT2D eigenvalue weighted by atomic mass is 19.1. The van der Waals surface area contributed by atoms with Crippen molar-refractivity contribution < 1.29 is 9.13 Å². The largest absolute Gasteiger partial charge is 0.378 e. The van der Waals surface area contributed by atoms with Crippen LogP contribution in [0.1, 0.15) is 38.1 Å².